The minimum Gasteiger partial charge on any atom is -0.357 e. The second-order valence-corrected chi connectivity index (χ2v) is 7.77. The number of nitrogens with zero attached hydrogens (tertiary/aromatic N) is 2. The van der Waals surface area contributed by atoms with Gasteiger partial charge in [0.05, 0.1) is 0 Å². The van der Waals surface area contributed by atoms with Crippen LogP contribution in [0.25, 0.3) is 0 Å². The van der Waals surface area contributed by atoms with Crippen LogP contribution >= 0.6 is 0 Å². The van der Waals surface area contributed by atoms with Crippen molar-refractivity contribution in [3.63, 3.8) is 0 Å². The zero-order valence-electron chi connectivity index (χ0n) is 12.4. The Bertz CT molecular complexity index is 610. The Morgan fingerprint density at radius 1 is 1.43 bits per heavy atom. The molecular formula is C14H21N3O3S. The van der Waals surface area contributed by atoms with Crippen LogP contribution in [0.15, 0.2) is 18.3 Å². The maximum absolute atomic E-state index is 11.8. The largest absolute Gasteiger partial charge is 0.357 e. The molecule has 0 bridgehead atoms. The topological polar surface area (TPSA) is 79.4 Å². The van der Waals surface area contributed by atoms with E-state index in [0.717, 1.165) is 30.7 Å². The van der Waals surface area contributed by atoms with E-state index in [1.165, 1.54) is 19.8 Å². The number of aromatic nitrogens is 1. The van der Waals surface area contributed by atoms with Crippen LogP contribution < -0.4 is 10.2 Å². The third kappa shape index (κ3) is 4.17. The van der Waals surface area contributed by atoms with Gasteiger partial charge < -0.3 is 10.2 Å². The molecule has 0 unspecified atom stereocenters. The quantitative estimate of drug-likeness (QED) is 0.867. The van der Waals surface area contributed by atoms with Crippen molar-refractivity contribution in [2.45, 2.75) is 31.6 Å². The third-order valence-electron chi connectivity index (χ3n) is 3.72. The number of amides is 1. The van der Waals surface area contributed by atoms with Gasteiger partial charge in [-0.25, -0.2) is 13.4 Å². The molecule has 1 saturated heterocycles. The highest BCUT2D eigenvalue weighted by Gasteiger charge is 2.23. The number of anilines is 1. The van der Waals surface area contributed by atoms with Gasteiger partial charge >= 0.3 is 0 Å². The normalized spacial score (nSPS) is 16.8. The molecule has 1 amide bonds. The molecule has 1 atom stereocenters. The van der Waals surface area contributed by atoms with Crippen molar-refractivity contribution >= 4 is 21.6 Å². The summed E-state index contributed by atoms with van der Waals surface area (Å²) in [5, 5.41) is 1.63. The van der Waals surface area contributed by atoms with E-state index >= 15 is 0 Å². The van der Waals surface area contributed by atoms with Gasteiger partial charge in [-0.2, -0.15) is 0 Å². The van der Waals surface area contributed by atoms with Gasteiger partial charge in [0.25, 0.3) is 0 Å². The molecule has 2 rings (SSSR count). The van der Waals surface area contributed by atoms with Gasteiger partial charge in [-0.05, 0) is 37.5 Å². The Labute approximate surface area is 125 Å². The molecule has 1 aromatic rings. The lowest BCUT2D eigenvalue weighted by Gasteiger charge is -2.17. The Kier molecular flexibility index (Phi) is 4.82. The third-order valence-corrected chi connectivity index (χ3v) is 5.22. The average Bonchev–Trinajstić information content (AvgIpc) is 2.97. The minimum atomic E-state index is -3.36. The van der Waals surface area contributed by atoms with Crippen molar-refractivity contribution in [2.75, 3.05) is 24.2 Å². The van der Waals surface area contributed by atoms with E-state index in [1.54, 1.807) is 6.20 Å². The van der Waals surface area contributed by atoms with Gasteiger partial charge in [0.1, 0.15) is 11.1 Å². The van der Waals surface area contributed by atoms with Gasteiger partial charge in [0.15, 0.2) is 9.84 Å². The van der Waals surface area contributed by atoms with Gasteiger partial charge in [-0.15, -0.1) is 0 Å². The first-order valence-electron chi connectivity index (χ1n) is 7.04. The monoisotopic (exact) mass is 311 g/mol. The highest BCUT2D eigenvalue weighted by molar-refractivity contribution is 7.92. The lowest BCUT2D eigenvalue weighted by Crippen LogP contribution is -2.37. The molecule has 0 spiro atoms. The van der Waals surface area contributed by atoms with Crippen LogP contribution in [-0.2, 0) is 21.2 Å². The molecular weight excluding hydrogens is 290 g/mol. The number of carbonyl (C=O) groups is 1. The van der Waals surface area contributed by atoms with Crippen LogP contribution in [0.3, 0.4) is 0 Å². The molecule has 0 saturated carbocycles. The fraction of sp³-hybridized carbons (Fsp3) is 0.571. The molecule has 1 N–H and O–H groups in total. The van der Waals surface area contributed by atoms with Crippen LogP contribution in [-0.4, -0.2) is 43.9 Å². The van der Waals surface area contributed by atoms with Gasteiger partial charge in [-0.3, -0.25) is 4.79 Å². The van der Waals surface area contributed by atoms with E-state index in [2.05, 4.69) is 15.2 Å². The minimum absolute atomic E-state index is 0.308. The first-order chi connectivity index (χ1) is 9.88. The van der Waals surface area contributed by atoms with Crippen molar-refractivity contribution in [2.24, 2.45) is 0 Å². The Morgan fingerprint density at radius 2 is 2.10 bits per heavy atom. The summed E-state index contributed by atoms with van der Waals surface area (Å²) in [5.41, 5.74) is 0.918. The summed E-state index contributed by atoms with van der Waals surface area (Å²) in [6, 6.07) is 3.77. The highest BCUT2D eigenvalue weighted by Crippen LogP contribution is 2.18. The van der Waals surface area contributed by atoms with Gasteiger partial charge in [-0.1, -0.05) is 0 Å². The predicted molar refractivity (Wildman–Crippen MR) is 81.8 cm³/mol. The van der Waals surface area contributed by atoms with E-state index in [9.17, 15) is 13.2 Å². The van der Waals surface area contributed by atoms with Crippen LogP contribution in [0.4, 0.5) is 5.82 Å². The zero-order valence-corrected chi connectivity index (χ0v) is 13.2. The number of rotatable bonds is 5. The Hall–Kier alpha value is -1.63. The number of hydrogen-bond donors (Lipinski definition) is 1. The van der Waals surface area contributed by atoms with Crippen molar-refractivity contribution in [1.82, 2.24) is 10.3 Å². The summed E-state index contributed by atoms with van der Waals surface area (Å²) in [7, 11) is -3.36. The van der Waals surface area contributed by atoms with E-state index in [0.29, 0.717) is 6.54 Å². The maximum Gasteiger partial charge on any atom is 0.238 e. The zero-order chi connectivity index (χ0) is 15.5. The molecule has 116 valence electrons. The molecule has 2 heterocycles. The lowest BCUT2D eigenvalue weighted by atomic mass is 10.2. The predicted octanol–water partition coefficient (Wildman–Crippen LogP) is 0.731. The summed E-state index contributed by atoms with van der Waals surface area (Å²) < 4.78 is 22.7. The Balaban J connectivity index is 1.97. The number of carbonyl (C=O) groups excluding carboxylic acids is 1. The first-order valence-corrected chi connectivity index (χ1v) is 9.00. The van der Waals surface area contributed by atoms with E-state index in [4.69, 9.17) is 0 Å². The second kappa shape index (κ2) is 6.43. The second-order valence-electron chi connectivity index (χ2n) is 5.41. The number of nitrogens with one attached hydrogen (secondary N) is 1. The fourth-order valence-electron chi connectivity index (χ4n) is 2.22. The SMILES string of the molecule is C[C@@H](C(=O)NCc1ccnc(N2CCCC2)c1)S(C)(=O)=O. The summed E-state index contributed by atoms with van der Waals surface area (Å²) in [4.78, 5) is 18.3. The molecule has 0 aliphatic carbocycles. The first kappa shape index (κ1) is 15.8. The molecule has 1 aromatic heterocycles. The van der Waals surface area contributed by atoms with E-state index < -0.39 is 21.0 Å². The molecule has 6 nitrogen and oxygen atoms in total. The van der Waals surface area contributed by atoms with Gasteiger partial charge in [0, 0.05) is 32.1 Å². The summed E-state index contributed by atoms with van der Waals surface area (Å²) in [6.07, 6.45) is 5.13. The summed E-state index contributed by atoms with van der Waals surface area (Å²) in [5.74, 6) is 0.437. The smallest absolute Gasteiger partial charge is 0.238 e. The number of pyridine rings is 1. The van der Waals surface area contributed by atoms with Crippen LogP contribution in [0, 0.1) is 0 Å². The van der Waals surface area contributed by atoms with Gasteiger partial charge in [0.2, 0.25) is 5.91 Å². The lowest BCUT2D eigenvalue weighted by molar-refractivity contribution is -0.120. The average molecular weight is 311 g/mol. The molecule has 21 heavy (non-hydrogen) atoms. The molecule has 0 radical (unpaired) electrons. The molecule has 7 heteroatoms. The van der Waals surface area contributed by atoms with E-state index in [-0.39, 0.29) is 0 Å². The van der Waals surface area contributed by atoms with Crippen molar-refractivity contribution in [1.29, 1.82) is 0 Å². The number of sulfone groups is 1. The summed E-state index contributed by atoms with van der Waals surface area (Å²) in [6.45, 7) is 3.72. The molecule has 1 fully saturated rings. The van der Waals surface area contributed by atoms with Crippen molar-refractivity contribution in [3.8, 4) is 0 Å². The van der Waals surface area contributed by atoms with Crippen LogP contribution in [0.1, 0.15) is 25.3 Å². The van der Waals surface area contributed by atoms with Crippen LogP contribution in [0.5, 0.6) is 0 Å². The van der Waals surface area contributed by atoms with E-state index in [1.807, 2.05) is 12.1 Å². The Morgan fingerprint density at radius 3 is 2.71 bits per heavy atom. The fourth-order valence-corrected chi connectivity index (χ4v) is 2.69. The van der Waals surface area contributed by atoms with Crippen molar-refractivity contribution < 1.29 is 13.2 Å². The standard InChI is InChI=1S/C14H21N3O3S/c1-11(21(2,19)20)14(18)16-10-12-5-6-15-13(9-12)17-7-3-4-8-17/h5-6,9,11H,3-4,7-8,10H2,1-2H3,(H,16,18)/t11-/m0/s1. The highest BCUT2D eigenvalue weighted by atomic mass is 32.2. The molecule has 0 aromatic carbocycles. The number of hydrogen-bond acceptors (Lipinski definition) is 5. The maximum atomic E-state index is 11.8. The molecule has 1 aliphatic rings. The molecule has 1 aliphatic heterocycles. The van der Waals surface area contributed by atoms with Crippen LogP contribution in [0.2, 0.25) is 0 Å². The van der Waals surface area contributed by atoms with Crippen molar-refractivity contribution in [3.05, 3.63) is 23.9 Å². The summed E-state index contributed by atoms with van der Waals surface area (Å²) >= 11 is 0.